The van der Waals surface area contributed by atoms with E-state index in [4.69, 9.17) is 0 Å². The fourth-order valence-corrected chi connectivity index (χ4v) is 2.02. The van der Waals surface area contributed by atoms with Gasteiger partial charge in [-0.1, -0.05) is 0 Å². The van der Waals surface area contributed by atoms with Gasteiger partial charge in [-0.25, -0.2) is 0 Å². The zero-order valence-corrected chi connectivity index (χ0v) is 8.29. The molecule has 0 saturated carbocycles. The van der Waals surface area contributed by atoms with Crippen LogP contribution in [0.15, 0.2) is 35.3 Å². The van der Waals surface area contributed by atoms with Crippen LogP contribution < -0.4 is 5.43 Å². The molecule has 15 heavy (non-hydrogen) atoms. The molecule has 0 unspecified atom stereocenters. The third kappa shape index (κ3) is 1.09. The Morgan fingerprint density at radius 1 is 1.13 bits per heavy atom. The van der Waals surface area contributed by atoms with Crippen LogP contribution in [0.3, 0.4) is 0 Å². The number of pyridine rings is 1. The summed E-state index contributed by atoms with van der Waals surface area (Å²) in [5.41, 5.74) is 2.86. The summed E-state index contributed by atoms with van der Waals surface area (Å²) in [7, 11) is 0. The van der Waals surface area contributed by atoms with Crippen LogP contribution >= 0.6 is 0 Å². The molecule has 0 amide bonds. The Bertz CT molecular complexity index is 706. The lowest BCUT2D eigenvalue weighted by molar-refractivity contribution is 1.24. The molecule has 74 valence electrons. The highest BCUT2D eigenvalue weighted by molar-refractivity contribution is 6.04. The Labute approximate surface area is 85.8 Å². The first-order valence-corrected chi connectivity index (χ1v) is 4.85. The molecule has 1 aromatic carbocycles. The van der Waals surface area contributed by atoms with Crippen LogP contribution in [0.1, 0.15) is 5.69 Å². The van der Waals surface area contributed by atoms with Crippen molar-refractivity contribution in [2.24, 2.45) is 0 Å². The van der Waals surface area contributed by atoms with E-state index in [1.165, 1.54) is 0 Å². The molecule has 3 aromatic rings. The van der Waals surface area contributed by atoms with Crippen LogP contribution in [0.2, 0.25) is 0 Å². The Balaban J connectivity index is 2.68. The first-order valence-electron chi connectivity index (χ1n) is 4.85. The van der Waals surface area contributed by atoms with E-state index >= 15 is 0 Å². The predicted octanol–water partition coefficient (Wildman–Crippen LogP) is 2.32. The first kappa shape index (κ1) is 8.29. The van der Waals surface area contributed by atoms with Crippen LogP contribution in [-0.2, 0) is 0 Å². The third-order valence-corrected chi connectivity index (χ3v) is 2.66. The molecule has 0 aliphatic heterocycles. The highest BCUT2D eigenvalue weighted by atomic mass is 16.1. The van der Waals surface area contributed by atoms with Gasteiger partial charge in [0.1, 0.15) is 0 Å². The number of aryl methyl sites for hydroxylation is 1. The van der Waals surface area contributed by atoms with Crippen LogP contribution in [-0.4, -0.2) is 9.97 Å². The van der Waals surface area contributed by atoms with Gasteiger partial charge in [-0.05, 0) is 25.1 Å². The second kappa shape index (κ2) is 2.73. The van der Waals surface area contributed by atoms with Gasteiger partial charge in [0.15, 0.2) is 5.43 Å². The summed E-state index contributed by atoms with van der Waals surface area (Å²) in [4.78, 5) is 18.2. The summed E-state index contributed by atoms with van der Waals surface area (Å²) in [5, 5.41) is 1.74. The number of fused-ring (bicyclic) bond motifs is 3. The van der Waals surface area contributed by atoms with E-state index in [2.05, 4.69) is 9.97 Å². The van der Waals surface area contributed by atoms with Crippen LogP contribution in [0.25, 0.3) is 21.8 Å². The lowest BCUT2D eigenvalue weighted by Gasteiger charge is -2.00. The molecule has 0 aliphatic carbocycles. The van der Waals surface area contributed by atoms with Crippen LogP contribution in [0.4, 0.5) is 0 Å². The molecule has 0 fully saturated rings. The number of aromatic nitrogens is 2. The minimum Gasteiger partial charge on any atom is -0.361 e. The van der Waals surface area contributed by atoms with Gasteiger partial charge in [0.05, 0.1) is 10.9 Å². The molecule has 0 spiro atoms. The van der Waals surface area contributed by atoms with Gasteiger partial charge in [-0.15, -0.1) is 0 Å². The molecular formula is C12H10N2O. The van der Waals surface area contributed by atoms with Crippen molar-refractivity contribution < 1.29 is 0 Å². The third-order valence-electron chi connectivity index (χ3n) is 2.66. The molecule has 2 aromatic heterocycles. The topological polar surface area (TPSA) is 48.6 Å². The van der Waals surface area contributed by atoms with Crippen LogP contribution in [0.5, 0.6) is 0 Å². The summed E-state index contributed by atoms with van der Waals surface area (Å²) >= 11 is 0. The molecule has 0 bridgehead atoms. The summed E-state index contributed by atoms with van der Waals surface area (Å²) in [6.45, 7) is 1.89. The van der Waals surface area contributed by atoms with Gasteiger partial charge >= 0.3 is 0 Å². The molecule has 0 atom stereocenters. The SMILES string of the molecule is Cc1cc(=O)c2c(ccc3[nH]ccc32)[nH]1. The number of nitrogens with one attached hydrogen (secondary N) is 2. The Morgan fingerprint density at radius 3 is 2.80 bits per heavy atom. The van der Waals surface area contributed by atoms with Gasteiger partial charge in [-0.3, -0.25) is 4.79 Å². The maximum absolute atomic E-state index is 11.9. The largest absolute Gasteiger partial charge is 0.361 e. The monoisotopic (exact) mass is 198 g/mol. The van der Waals surface area contributed by atoms with Gasteiger partial charge in [0.25, 0.3) is 0 Å². The maximum Gasteiger partial charge on any atom is 0.190 e. The van der Waals surface area contributed by atoms with E-state index in [1.807, 2.05) is 31.3 Å². The molecule has 3 rings (SSSR count). The van der Waals surface area contributed by atoms with E-state index in [-0.39, 0.29) is 5.43 Å². The zero-order chi connectivity index (χ0) is 10.4. The lowest BCUT2D eigenvalue weighted by atomic mass is 10.1. The molecule has 2 heterocycles. The first-order chi connectivity index (χ1) is 7.25. The molecule has 0 aliphatic rings. The summed E-state index contributed by atoms with van der Waals surface area (Å²) in [6.07, 6.45) is 1.85. The number of hydrogen-bond donors (Lipinski definition) is 2. The van der Waals surface area contributed by atoms with Gasteiger partial charge in [0.2, 0.25) is 0 Å². The number of H-pyrrole nitrogens is 2. The summed E-state index contributed by atoms with van der Waals surface area (Å²) in [5.74, 6) is 0. The van der Waals surface area contributed by atoms with E-state index in [1.54, 1.807) is 6.07 Å². The van der Waals surface area contributed by atoms with E-state index in [0.717, 1.165) is 27.5 Å². The molecule has 3 nitrogen and oxygen atoms in total. The second-order valence-corrected chi connectivity index (χ2v) is 3.74. The standard InChI is InChI=1S/C12H10N2O/c1-7-6-11(15)12-8-4-5-13-9(8)2-3-10(12)14-7/h2-6,13H,1H3,(H,14,15). The minimum absolute atomic E-state index is 0.0754. The molecule has 0 saturated heterocycles. The number of aromatic amines is 2. The number of hydrogen-bond acceptors (Lipinski definition) is 1. The quantitative estimate of drug-likeness (QED) is 0.572. The summed E-state index contributed by atoms with van der Waals surface area (Å²) in [6, 6.07) is 7.48. The molecule has 2 N–H and O–H groups in total. The average Bonchev–Trinajstić information content (AvgIpc) is 2.63. The van der Waals surface area contributed by atoms with Crippen molar-refractivity contribution in [3.05, 3.63) is 46.4 Å². The van der Waals surface area contributed by atoms with Crippen molar-refractivity contribution in [2.75, 3.05) is 0 Å². The number of rotatable bonds is 0. The van der Waals surface area contributed by atoms with E-state index in [0.29, 0.717) is 0 Å². The average molecular weight is 198 g/mol. The number of benzene rings is 1. The van der Waals surface area contributed by atoms with E-state index < -0.39 is 0 Å². The Kier molecular flexibility index (Phi) is 1.51. The molecule has 0 radical (unpaired) electrons. The maximum atomic E-state index is 11.9. The van der Waals surface area contributed by atoms with Crippen molar-refractivity contribution >= 4 is 21.8 Å². The van der Waals surface area contributed by atoms with Crippen molar-refractivity contribution in [3.8, 4) is 0 Å². The lowest BCUT2D eigenvalue weighted by Crippen LogP contribution is -2.02. The van der Waals surface area contributed by atoms with Crippen LogP contribution in [0, 0.1) is 6.92 Å². The predicted molar refractivity (Wildman–Crippen MR) is 61.2 cm³/mol. The fraction of sp³-hybridized carbons (Fsp3) is 0.0833. The van der Waals surface area contributed by atoms with Crippen molar-refractivity contribution in [2.45, 2.75) is 6.92 Å². The van der Waals surface area contributed by atoms with Gasteiger partial charge in [-0.2, -0.15) is 0 Å². The molecule has 3 heteroatoms. The van der Waals surface area contributed by atoms with Gasteiger partial charge in [0, 0.05) is 28.9 Å². The minimum atomic E-state index is 0.0754. The normalized spacial score (nSPS) is 11.3. The van der Waals surface area contributed by atoms with Crippen molar-refractivity contribution in [1.82, 2.24) is 9.97 Å². The Hall–Kier alpha value is -2.03. The van der Waals surface area contributed by atoms with Crippen molar-refractivity contribution in [3.63, 3.8) is 0 Å². The summed E-state index contributed by atoms with van der Waals surface area (Å²) < 4.78 is 0. The van der Waals surface area contributed by atoms with Gasteiger partial charge < -0.3 is 9.97 Å². The molecular weight excluding hydrogens is 188 g/mol. The highest BCUT2D eigenvalue weighted by Crippen LogP contribution is 2.20. The second-order valence-electron chi connectivity index (χ2n) is 3.74. The fourth-order valence-electron chi connectivity index (χ4n) is 2.02. The van der Waals surface area contributed by atoms with Crippen molar-refractivity contribution in [1.29, 1.82) is 0 Å². The zero-order valence-electron chi connectivity index (χ0n) is 8.29. The highest BCUT2D eigenvalue weighted by Gasteiger charge is 2.05. The smallest absolute Gasteiger partial charge is 0.190 e. The Morgan fingerprint density at radius 2 is 1.93 bits per heavy atom. The van der Waals surface area contributed by atoms with E-state index in [9.17, 15) is 4.79 Å².